The minimum Gasteiger partial charge on any atom is -0.346 e. The average Bonchev–Trinajstić information content (AvgIpc) is 2.55. The molecule has 12 heteroatoms. The van der Waals surface area contributed by atoms with Crippen LogP contribution in [0.2, 0.25) is 0 Å². The van der Waals surface area contributed by atoms with Gasteiger partial charge in [-0.2, -0.15) is 17.5 Å². The van der Waals surface area contributed by atoms with Crippen LogP contribution in [0.1, 0.15) is 0 Å². The summed E-state index contributed by atoms with van der Waals surface area (Å²) in [7, 11) is -4.25. The van der Waals surface area contributed by atoms with Gasteiger partial charge in [-0.1, -0.05) is 0 Å². The van der Waals surface area contributed by atoms with Gasteiger partial charge in [0.2, 0.25) is 15.9 Å². The lowest BCUT2D eigenvalue weighted by molar-refractivity contribution is -0.139. The lowest BCUT2D eigenvalue weighted by Crippen LogP contribution is -2.51. The maximum Gasteiger partial charge on any atom is 0.405 e. The number of piperazine rings is 1. The second kappa shape index (κ2) is 7.84. The minimum atomic E-state index is -4.52. The Morgan fingerprint density at radius 2 is 1.73 bits per heavy atom. The fourth-order valence-electron chi connectivity index (χ4n) is 2.40. The smallest absolute Gasteiger partial charge is 0.346 e. The van der Waals surface area contributed by atoms with Crippen LogP contribution in [0.5, 0.6) is 0 Å². The lowest BCUT2D eigenvalue weighted by atomic mass is 10.3. The van der Waals surface area contributed by atoms with Gasteiger partial charge in [0.1, 0.15) is 23.1 Å². The Bertz CT molecular complexity index is 762. The predicted molar refractivity (Wildman–Crippen MR) is 80.6 cm³/mol. The summed E-state index contributed by atoms with van der Waals surface area (Å²) in [5.74, 6) is -2.82. The second-order valence-electron chi connectivity index (χ2n) is 5.65. The van der Waals surface area contributed by atoms with Gasteiger partial charge in [0.15, 0.2) is 0 Å². The molecule has 0 aliphatic carbocycles. The van der Waals surface area contributed by atoms with Gasteiger partial charge < -0.3 is 5.32 Å². The molecule has 1 fully saturated rings. The molecule has 0 aromatic heterocycles. The first-order chi connectivity index (χ1) is 12.0. The van der Waals surface area contributed by atoms with E-state index in [9.17, 15) is 35.2 Å². The molecule has 0 atom stereocenters. The van der Waals surface area contributed by atoms with Crippen LogP contribution in [-0.2, 0) is 14.8 Å². The SMILES string of the molecule is O=C(CN1CCN(S(=O)(=O)c2cc(F)ccc2F)CC1)NCC(F)(F)F. The predicted octanol–water partition coefficient (Wildman–Crippen LogP) is 0.950. The largest absolute Gasteiger partial charge is 0.405 e. The molecular formula is C14H16F5N3O3S. The third kappa shape index (κ3) is 5.35. The van der Waals surface area contributed by atoms with Gasteiger partial charge in [0, 0.05) is 26.2 Å². The number of hydrogen-bond donors (Lipinski definition) is 1. The van der Waals surface area contributed by atoms with Crippen molar-refractivity contribution in [2.45, 2.75) is 11.1 Å². The molecular weight excluding hydrogens is 385 g/mol. The molecule has 2 rings (SSSR count). The summed E-state index contributed by atoms with van der Waals surface area (Å²) in [4.78, 5) is 12.2. The molecule has 0 spiro atoms. The van der Waals surface area contributed by atoms with E-state index in [1.54, 1.807) is 5.32 Å². The number of hydrogen-bond acceptors (Lipinski definition) is 4. The number of carbonyl (C=O) groups is 1. The van der Waals surface area contributed by atoms with E-state index < -0.39 is 45.2 Å². The summed E-state index contributed by atoms with van der Waals surface area (Å²) in [6.07, 6.45) is -4.52. The molecule has 146 valence electrons. The second-order valence-corrected chi connectivity index (χ2v) is 7.55. The highest BCUT2D eigenvalue weighted by atomic mass is 32.2. The fraction of sp³-hybridized carbons (Fsp3) is 0.500. The number of benzene rings is 1. The van der Waals surface area contributed by atoms with Gasteiger partial charge in [0.05, 0.1) is 6.54 Å². The number of alkyl halides is 3. The van der Waals surface area contributed by atoms with Crippen molar-refractivity contribution in [1.82, 2.24) is 14.5 Å². The summed E-state index contributed by atoms with van der Waals surface area (Å²) < 4.78 is 88.8. The van der Waals surface area contributed by atoms with E-state index >= 15 is 0 Å². The van der Waals surface area contributed by atoms with Crippen LogP contribution < -0.4 is 5.32 Å². The van der Waals surface area contributed by atoms with E-state index in [2.05, 4.69) is 0 Å². The maximum atomic E-state index is 13.7. The molecule has 1 aromatic carbocycles. The van der Waals surface area contributed by atoms with Crippen molar-refractivity contribution in [2.75, 3.05) is 39.3 Å². The van der Waals surface area contributed by atoms with Crippen molar-refractivity contribution in [3.8, 4) is 0 Å². The summed E-state index contributed by atoms with van der Waals surface area (Å²) in [5, 5.41) is 1.72. The average molecular weight is 401 g/mol. The summed E-state index contributed by atoms with van der Waals surface area (Å²) in [6, 6.07) is 2.09. The fourth-order valence-corrected chi connectivity index (χ4v) is 3.90. The molecule has 0 radical (unpaired) electrons. The normalized spacial score (nSPS) is 17.3. The number of amides is 1. The van der Waals surface area contributed by atoms with Gasteiger partial charge in [-0.15, -0.1) is 0 Å². The molecule has 0 unspecified atom stereocenters. The molecule has 1 heterocycles. The Kier molecular flexibility index (Phi) is 6.19. The Labute approximate surface area is 146 Å². The minimum absolute atomic E-state index is 0.0651. The monoisotopic (exact) mass is 401 g/mol. The van der Waals surface area contributed by atoms with Crippen LogP contribution in [0.4, 0.5) is 22.0 Å². The first-order valence-electron chi connectivity index (χ1n) is 7.50. The molecule has 1 aliphatic rings. The quantitative estimate of drug-likeness (QED) is 0.746. The van der Waals surface area contributed by atoms with E-state index in [0.717, 1.165) is 10.4 Å². The van der Waals surface area contributed by atoms with Crippen molar-refractivity contribution in [3.63, 3.8) is 0 Å². The highest BCUT2D eigenvalue weighted by molar-refractivity contribution is 7.89. The number of nitrogens with one attached hydrogen (secondary N) is 1. The maximum absolute atomic E-state index is 13.7. The molecule has 0 saturated carbocycles. The standard InChI is InChI=1S/C14H16F5N3O3S/c15-10-1-2-11(16)12(7-10)26(24,25)22-5-3-21(4-6-22)8-13(23)20-9-14(17,18)19/h1-2,7H,3-6,8-9H2,(H,20,23). The van der Waals surface area contributed by atoms with Crippen LogP contribution in [0.15, 0.2) is 23.1 Å². The van der Waals surface area contributed by atoms with Crippen LogP contribution in [0, 0.1) is 11.6 Å². The van der Waals surface area contributed by atoms with Crippen molar-refractivity contribution < 1.29 is 35.2 Å². The van der Waals surface area contributed by atoms with Crippen LogP contribution in [-0.4, -0.2) is 69.0 Å². The first-order valence-corrected chi connectivity index (χ1v) is 8.94. The van der Waals surface area contributed by atoms with Crippen molar-refractivity contribution in [3.05, 3.63) is 29.8 Å². The molecule has 1 aliphatic heterocycles. The zero-order valence-corrected chi connectivity index (χ0v) is 14.2. The van der Waals surface area contributed by atoms with E-state index in [4.69, 9.17) is 0 Å². The van der Waals surface area contributed by atoms with E-state index in [1.165, 1.54) is 4.90 Å². The topological polar surface area (TPSA) is 69.7 Å². The van der Waals surface area contributed by atoms with Crippen LogP contribution in [0.25, 0.3) is 0 Å². The first kappa shape index (κ1) is 20.5. The number of sulfonamides is 1. The third-order valence-electron chi connectivity index (χ3n) is 3.70. The molecule has 1 amide bonds. The number of rotatable bonds is 5. The van der Waals surface area contributed by atoms with Gasteiger partial charge >= 0.3 is 6.18 Å². The van der Waals surface area contributed by atoms with E-state index in [-0.39, 0.29) is 32.7 Å². The third-order valence-corrected chi connectivity index (χ3v) is 5.61. The molecule has 0 bridgehead atoms. The Morgan fingerprint density at radius 3 is 2.31 bits per heavy atom. The van der Waals surface area contributed by atoms with Crippen molar-refractivity contribution in [2.24, 2.45) is 0 Å². The molecule has 1 aromatic rings. The molecule has 6 nitrogen and oxygen atoms in total. The lowest BCUT2D eigenvalue weighted by Gasteiger charge is -2.33. The Morgan fingerprint density at radius 1 is 1.12 bits per heavy atom. The van der Waals surface area contributed by atoms with Gasteiger partial charge in [-0.25, -0.2) is 17.2 Å². The van der Waals surface area contributed by atoms with Crippen molar-refractivity contribution in [1.29, 1.82) is 0 Å². The Hall–Kier alpha value is -1.79. The van der Waals surface area contributed by atoms with E-state index in [1.807, 2.05) is 0 Å². The highest BCUT2D eigenvalue weighted by Gasteiger charge is 2.32. The van der Waals surface area contributed by atoms with Gasteiger partial charge in [-0.3, -0.25) is 9.69 Å². The number of carbonyl (C=O) groups excluding carboxylic acids is 1. The van der Waals surface area contributed by atoms with Gasteiger partial charge in [0.25, 0.3) is 0 Å². The molecule has 26 heavy (non-hydrogen) atoms. The Balaban J connectivity index is 1.93. The summed E-state index contributed by atoms with van der Waals surface area (Å²) in [6.45, 7) is -1.85. The van der Waals surface area contributed by atoms with E-state index in [0.29, 0.717) is 12.1 Å². The highest BCUT2D eigenvalue weighted by Crippen LogP contribution is 2.21. The number of nitrogens with zero attached hydrogens (tertiary/aromatic N) is 2. The van der Waals surface area contributed by atoms with Crippen LogP contribution >= 0.6 is 0 Å². The van der Waals surface area contributed by atoms with Crippen molar-refractivity contribution >= 4 is 15.9 Å². The molecule has 1 N–H and O–H groups in total. The van der Waals surface area contributed by atoms with Gasteiger partial charge in [-0.05, 0) is 18.2 Å². The zero-order valence-electron chi connectivity index (χ0n) is 13.4. The molecule has 1 saturated heterocycles. The number of halogens is 5. The zero-order chi connectivity index (χ0) is 19.5. The summed E-state index contributed by atoms with van der Waals surface area (Å²) in [5.41, 5.74) is 0. The summed E-state index contributed by atoms with van der Waals surface area (Å²) >= 11 is 0. The van der Waals surface area contributed by atoms with Crippen LogP contribution in [0.3, 0.4) is 0 Å².